The summed E-state index contributed by atoms with van der Waals surface area (Å²) in [7, 11) is 0. The predicted molar refractivity (Wildman–Crippen MR) is 69.4 cm³/mol. The molecule has 0 N–H and O–H groups in total. The largest absolute Gasteiger partial charge is 0.458 e. The van der Waals surface area contributed by atoms with Crippen LogP contribution in [0, 0.1) is 0 Å². The fourth-order valence-corrected chi connectivity index (χ4v) is 1.81. The molecule has 6 heteroatoms. The molecule has 1 aliphatic rings. The number of imide groups is 1. The molecule has 0 aromatic rings. The Morgan fingerprint density at radius 1 is 1.21 bits per heavy atom. The monoisotopic (exact) mass is 270 g/mol. The van der Waals surface area contributed by atoms with E-state index in [-0.39, 0.29) is 18.5 Å². The van der Waals surface area contributed by atoms with Gasteiger partial charge in [0, 0.05) is 6.04 Å². The molecular formula is C13H22N2O4. The van der Waals surface area contributed by atoms with E-state index in [2.05, 4.69) is 0 Å². The van der Waals surface area contributed by atoms with Gasteiger partial charge < -0.3 is 9.64 Å². The van der Waals surface area contributed by atoms with Crippen LogP contribution in [0.25, 0.3) is 0 Å². The normalized spacial score (nSPS) is 18.3. The van der Waals surface area contributed by atoms with Gasteiger partial charge in [0.2, 0.25) is 0 Å². The van der Waals surface area contributed by atoms with Gasteiger partial charge in [0.1, 0.15) is 18.2 Å². The van der Waals surface area contributed by atoms with Gasteiger partial charge in [-0.2, -0.15) is 0 Å². The molecule has 0 bridgehead atoms. The molecule has 108 valence electrons. The fraction of sp³-hybridized carbons (Fsp3) is 0.769. The highest BCUT2D eigenvalue weighted by Gasteiger charge is 2.43. The van der Waals surface area contributed by atoms with E-state index in [1.54, 1.807) is 20.8 Å². The summed E-state index contributed by atoms with van der Waals surface area (Å²) in [4.78, 5) is 38.3. The number of hydrogen-bond acceptors (Lipinski definition) is 4. The van der Waals surface area contributed by atoms with Crippen molar-refractivity contribution in [2.45, 2.75) is 59.2 Å². The topological polar surface area (TPSA) is 66.9 Å². The molecule has 6 nitrogen and oxygen atoms in total. The second kappa shape index (κ2) is 5.19. The molecule has 1 aliphatic heterocycles. The molecule has 19 heavy (non-hydrogen) atoms. The SMILES string of the molecule is CC(C)N1CC(=O)N([C@@H](C)C(=O)OC(C)(C)C)C1=O. The van der Waals surface area contributed by atoms with Gasteiger partial charge >= 0.3 is 12.0 Å². The Morgan fingerprint density at radius 2 is 1.74 bits per heavy atom. The van der Waals surface area contributed by atoms with Crippen molar-refractivity contribution in [3.8, 4) is 0 Å². The van der Waals surface area contributed by atoms with Crippen LogP contribution in [0.15, 0.2) is 0 Å². The third-order valence-corrected chi connectivity index (χ3v) is 2.78. The smallest absolute Gasteiger partial charge is 0.329 e. The quantitative estimate of drug-likeness (QED) is 0.574. The summed E-state index contributed by atoms with van der Waals surface area (Å²) in [5.74, 6) is -0.933. The van der Waals surface area contributed by atoms with E-state index in [9.17, 15) is 14.4 Å². The van der Waals surface area contributed by atoms with Crippen molar-refractivity contribution in [2.75, 3.05) is 6.54 Å². The van der Waals surface area contributed by atoms with Gasteiger partial charge in [0.05, 0.1) is 0 Å². The van der Waals surface area contributed by atoms with E-state index in [1.165, 1.54) is 11.8 Å². The first-order chi connectivity index (χ1) is 8.54. The van der Waals surface area contributed by atoms with Gasteiger partial charge in [0.25, 0.3) is 5.91 Å². The van der Waals surface area contributed by atoms with Crippen LogP contribution in [-0.2, 0) is 14.3 Å². The molecule has 0 saturated carbocycles. The molecule has 0 aromatic heterocycles. The molecule has 0 aliphatic carbocycles. The van der Waals surface area contributed by atoms with Crippen LogP contribution in [0.2, 0.25) is 0 Å². The van der Waals surface area contributed by atoms with E-state index in [4.69, 9.17) is 4.74 Å². The molecule has 0 spiro atoms. The Hall–Kier alpha value is -1.59. The van der Waals surface area contributed by atoms with Gasteiger partial charge in [-0.15, -0.1) is 0 Å². The second-order valence-electron chi connectivity index (χ2n) is 5.98. The maximum absolute atomic E-state index is 12.1. The summed E-state index contributed by atoms with van der Waals surface area (Å²) >= 11 is 0. The zero-order chi connectivity index (χ0) is 15.0. The Morgan fingerprint density at radius 3 is 2.11 bits per heavy atom. The lowest BCUT2D eigenvalue weighted by Crippen LogP contribution is -2.47. The van der Waals surface area contributed by atoms with E-state index < -0.39 is 23.6 Å². The molecule has 1 atom stereocenters. The van der Waals surface area contributed by atoms with E-state index in [0.29, 0.717) is 0 Å². The Labute approximate surface area is 113 Å². The lowest BCUT2D eigenvalue weighted by Gasteiger charge is -2.27. The van der Waals surface area contributed by atoms with Crippen LogP contribution in [0.5, 0.6) is 0 Å². The van der Waals surface area contributed by atoms with Crippen molar-refractivity contribution in [2.24, 2.45) is 0 Å². The van der Waals surface area contributed by atoms with Gasteiger partial charge in [-0.1, -0.05) is 0 Å². The number of hydrogen-bond donors (Lipinski definition) is 0. The molecule has 1 fully saturated rings. The average molecular weight is 270 g/mol. The first kappa shape index (κ1) is 15.5. The predicted octanol–water partition coefficient (Wildman–Crippen LogP) is 1.39. The Bertz CT molecular complexity index is 398. The molecule has 0 aromatic carbocycles. The molecule has 0 radical (unpaired) electrons. The lowest BCUT2D eigenvalue weighted by atomic mass is 10.2. The number of esters is 1. The van der Waals surface area contributed by atoms with Crippen LogP contribution in [0.4, 0.5) is 4.79 Å². The second-order valence-corrected chi connectivity index (χ2v) is 5.98. The minimum Gasteiger partial charge on any atom is -0.458 e. The van der Waals surface area contributed by atoms with E-state index >= 15 is 0 Å². The number of ether oxygens (including phenoxy) is 1. The maximum atomic E-state index is 12.1. The molecular weight excluding hydrogens is 248 g/mol. The Balaban J connectivity index is 2.83. The summed E-state index contributed by atoms with van der Waals surface area (Å²) < 4.78 is 5.20. The van der Waals surface area contributed by atoms with E-state index in [0.717, 1.165) is 4.90 Å². The first-order valence-electron chi connectivity index (χ1n) is 6.40. The molecule has 1 rings (SSSR count). The summed E-state index contributed by atoms with van der Waals surface area (Å²) in [6.07, 6.45) is 0. The van der Waals surface area contributed by atoms with Crippen molar-refractivity contribution < 1.29 is 19.1 Å². The summed E-state index contributed by atoms with van der Waals surface area (Å²) in [5, 5.41) is 0. The van der Waals surface area contributed by atoms with Gasteiger partial charge in [-0.05, 0) is 41.5 Å². The highest BCUT2D eigenvalue weighted by atomic mass is 16.6. The van der Waals surface area contributed by atoms with Gasteiger partial charge in [-0.3, -0.25) is 4.79 Å². The summed E-state index contributed by atoms with van der Waals surface area (Å²) in [5.41, 5.74) is -0.644. The maximum Gasteiger partial charge on any atom is 0.329 e. The van der Waals surface area contributed by atoms with Crippen LogP contribution < -0.4 is 0 Å². The molecule has 3 amide bonds. The molecule has 1 heterocycles. The number of rotatable bonds is 3. The lowest BCUT2D eigenvalue weighted by molar-refractivity contribution is -0.161. The highest BCUT2D eigenvalue weighted by Crippen LogP contribution is 2.19. The molecule has 1 saturated heterocycles. The van der Waals surface area contributed by atoms with Gasteiger partial charge in [-0.25, -0.2) is 14.5 Å². The number of nitrogens with zero attached hydrogens (tertiary/aromatic N) is 2. The minimum atomic E-state index is -0.900. The Kier molecular flexibility index (Phi) is 4.22. The third-order valence-electron chi connectivity index (χ3n) is 2.78. The minimum absolute atomic E-state index is 0.0175. The van der Waals surface area contributed by atoms with Crippen LogP contribution in [-0.4, -0.2) is 51.9 Å². The summed E-state index contributed by atoms with van der Waals surface area (Å²) in [6, 6.07) is -1.41. The number of amides is 3. The summed E-state index contributed by atoms with van der Waals surface area (Å²) in [6.45, 7) is 10.4. The number of carbonyl (C=O) groups excluding carboxylic acids is 3. The van der Waals surface area contributed by atoms with Crippen molar-refractivity contribution >= 4 is 17.9 Å². The average Bonchev–Trinajstić information content (AvgIpc) is 2.51. The standard InChI is InChI=1S/C13H22N2O4/c1-8(2)14-7-10(16)15(12(14)18)9(3)11(17)19-13(4,5)6/h8-9H,7H2,1-6H3/t9-/m0/s1. The molecule has 0 unspecified atom stereocenters. The van der Waals surface area contributed by atoms with E-state index in [1.807, 2.05) is 13.8 Å². The van der Waals surface area contributed by atoms with Crippen LogP contribution in [0.3, 0.4) is 0 Å². The first-order valence-corrected chi connectivity index (χ1v) is 6.40. The third kappa shape index (κ3) is 3.45. The van der Waals surface area contributed by atoms with Crippen molar-refractivity contribution in [3.05, 3.63) is 0 Å². The van der Waals surface area contributed by atoms with Crippen LogP contribution >= 0.6 is 0 Å². The zero-order valence-electron chi connectivity index (χ0n) is 12.4. The van der Waals surface area contributed by atoms with Crippen LogP contribution in [0.1, 0.15) is 41.5 Å². The van der Waals surface area contributed by atoms with Gasteiger partial charge in [0.15, 0.2) is 0 Å². The zero-order valence-corrected chi connectivity index (χ0v) is 12.4. The van der Waals surface area contributed by atoms with Crippen molar-refractivity contribution in [1.82, 2.24) is 9.80 Å². The fourth-order valence-electron chi connectivity index (χ4n) is 1.81. The van der Waals surface area contributed by atoms with Crippen molar-refractivity contribution in [3.63, 3.8) is 0 Å². The highest BCUT2D eigenvalue weighted by molar-refractivity contribution is 6.05. The number of urea groups is 1. The number of carbonyl (C=O) groups is 3. The van der Waals surface area contributed by atoms with Crippen molar-refractivity contribution in [1.29, 1.82) is 0 Å².